The van der Waals surface area contributed by atoms with Crippen molar-refractivity contribution in [2.45, 2.75) is 65.3 Å². The molecule has 24 heavy (non-hydrogen) atoms. The maximum Gasteiger partial charge on any atom is 0.309 e. The number of nitrogens with one attached hydrogen (secondary N) is 1. The highest BCUT2D eigenvalue weighted by atomic mass is 16.4. The fourth-order valence-electron chi connectivity index (χ4n) is 3.80. The van der Waals surface area contributed by atoms with Crippen molar-refractivity contribution < 1.29 is 19.5 Å². The van der Waals surface area contributed by atoms with Crippen LogP contribution in [0.5, 0.6) is 0 Å². The number of carbonyl (C=O) groups is 3. The second-order valence-electron chi connectivity index (χ2n) is 7.52. The largest absolute Gasteiger partial charge is 0.481 e. The molecule has 0 radical (unpaired) electrons. The van der Waals surface area contributed by atoms with Gasteiger partial charge in [0.2, 0.25) is 11.8 Å². The van der Waals surface area contributed by atoms with E-state index in [0.717, 1.165) is 12.8 Å². The first-order valence-electron chi connectivity index (χ1n) is 8.82. The molecule has 0 aliphatic heterocycles. The first-order valence-corrected chi connectivity index (χ1v) is 8.82. The van der Waals surface area contributed by atoms with E-state index in [0.29, 0.717) is 25.7 Å². The van der Waals surface area contributed by atoms with Crippen molar-refractivity contribution in [1.29, 1.82) is 0 Å². The summed E-state index contributed by atoms with van der Waals surface area (Å²) in [4.78, 5) is 37.2. The second kappa shape index (κ2) is 8.49. The summed E-state index contributed by atoms with van der Waals surface area (Å²) >= 11 is 0. The lowest BCUT2D eigenvalue weighted by molar-refractivity contribution is -0.150. The summed E-state index contributed by atoms with van der Waals surface area (Å²) in [6.45, 7) is 5.31. The number of nitrogens with zero attached hydrogens (tertiary/aromatic N) is 1. The zero-order valence-electron chi connectivity index (χ0n) is 15.6. The highest BCUT2D eigenvalue weighted by Gasteiger charge is 2.42. The van der Waals surface area contributed by atoms with E-state index in [4.69, 9.17) is 0 Å². The summed E-state index contributed by atoms with van der Waals surface area (Å²) in [6.07, 6.45) is 4.33. The van der Waals surface area contributed by atoms with Gasteiger partial charge < -0.3 is 15.3 Å². The minimum atomic E-state index is -0.737. The van der Waals surface area contributed by atoms with E-state index in [-0.39, 0.29) is 29.7 Å². The Morgan fingerprint density at radius 1 is 1.17 bits per heavy atom. The topological polar surface area (TPSA) is 86.7 Å². The number of aliphatic carboxylic acids is 1. The van der Waals surface area contributed by atoms with Crippen LogP contribution in [0.4, 0.5) is 0 Å². The van der Waals surface area contributed by atoms with Gasteiger partial charge in [-0.15, -0.1) is 0 Å². The molecule has 0 spiro atoms. The number of amides is 2. The molecule has 1 aliphatic carbocycles. The molecule has 0 aromatic rings. The Labute approximate surface area is 145 Å². The number of carboxylic acid groups (broad SMARTS) is 1. The van der Waals surface area contributed by atoms with Gasteiger partial charge in [0.25, 0.3) is 0 Å². The van der Waals surface area contributed by atoms with Gasteiger partial charge in [0.1, 0.15) is 0 Å². The van der Waals surface area contributed by atoms with Gasteiger partial charge in [0.05, 0.1) is 5.41 Å². The van der Waals surface area contributed by atoms with E-state index >= 15 is 0 Å². The van der Waals surface area contributed by atoms with E-state index in [1.54, 1.807) is 19.0 Å². The van der Waals surface area contributed by atoms with Crippen LogP contribution in [0.15, 0.2) is 0 Å². The monoisotopic (exact) mass is 340 g/mol. The zero-order chi connectivity index (χ0) is 18.5. The lowest BCUT2D eigenvalue weighted by Crippen LogP contribution is -2.44. The Morgan fingerprint density at radius 3 is 2.12 bits per heavy atom. The van der Waals surface area contributed by atoms with Crippen LogP contribution in [0.3, 0.4) is 0 Å². The molecule has 1 unspecified atom stereocenters. The highest BCUT2D eigenvalue weighted by molar-refractivity contribution is 5.79. The molecule has 6 heteroatoms. The lowest BCUT2D eigenvalue weighted by Gasteiger charge is -2.33. The van der Waals surface area contributed by atoms with Crippen molar-refractivity contribution in [3.05, 3.63) is 0 Å². The van der Waals surface area contributed by atoms with Crippen molar-refractivity contribution in [1.82, 2.24) is 10.2 Å². The van der Waals surface area contributed by atoms with E-state index in [1.807, 2.05) is 13.8 Å². The Hall–Kier alpha value is -1.59. The van der Waals surface area contributed by atoms with Gasteiger partial charge in [0, 0.05) is 33.0 Å². The van der Waals surface area contributed by atoms with Gasteiger partial charge in [-0.1, -0.05) is 19.8 Å². The maximum absolute atomic E-state index is 12.6. The number of carboxylic acids is 1. The molecular formula is C18H32N2O4. The van der Waals surface area contributed by atoms with Gasteiger partial charge in [-0.2, -0.15) is 0 Å². The van der Waals surface area contributed by atoms with Crippen LogP contribution in [0.25, 0.3) is 0 Å². The summed E-state index contributed by atoms with van der Waals surface area (Å²) in [5.41, 5.74) is -0.679. The van der Waals surface area contributed by atoms with Gasteiger partial charge in [-0.3, -0.25) is 14.4 Å². The molecule has 0 saturated heterocycles. The zero-order valence-corrected chi connectivity index (χ0v) is 15.6. The molecule has 0 bridgehead atoms. The SMILES string of the molecule is CC(=O)NC(C)[C@@H](C)[C@H](CCC1(C(=O)O)CCCC1)C(=O)N(C)C. The van der Waals surface area contributed by atoms with Crippen molar-refractivity contribution in [3.63, 3.8) is 0 Å². The van der Waals surface area contributed by atoms with Crippen LogP contribution in [0, 0.1) is 17.3 Å². The Kier molecular flexibility index (Phi) is 7.24. The predicted molar refractivity (Wildman–Crippen MR) is 92.4 cm³/mol. The van der Waals surface area contributed by atoms with Gasteiger partial charge in [0.15, 0.2) is 0 Å². The van der Waals surface area contributed by atoms with Crippen LogP contribution < -0.4 is 5.32 Å². The molecule has 0 heterocycles. The Bertz CT molecular complexity index is 470. The predicted octanol–water partition coefficient (Wildman–Crippen LogP) is 2.28. The van der Waals surface area contributed by atoms with Crippen LogP contribution in [0.2, 0.25) is 0 Å². The second-order valence-corrected chi connectivity index (χ2v) is 7.52. The first-order chi connectivity index (χ1) is 11.1. The number of hydrogen-bond acceptors (Lipinski definition) is 3. The third-order valence-corrected chi connectivity index (χ3v) is 5.56. The van der Waals surface area contributed by atoms with E-state index < -0.39 is 11.4 Å². The van der Waals surface area contributed by atoms with Crippen molar-refractivity contribution in [2.75, 3.05) is 14.1 Å². The van der Waals surface area contributed by atoms with Crippen LogP contribution in [-0.4, -0.2) is 47.9 Å². The summed E-state index contributed by atoms with van der Waals surface area (Å²) in [7, 11) is 3.43. The Balaban J connectivity index is 2.88. The third kappa shape index (κ3) is 4.95. The van der Waals surface area contributed by atoms with E-state index in [2.05, 4.69) is 5.32 Å². The maximum atomic E-state index is 12.6. The minimum Gasteiger partial charge on any atom is -0.481 e. The van der Waals surface area contributed by atoms with Gasteiger partial charge in [-0.05, 0) is 38.5 Å². The molecule has 1 rings (SSSR count). The average Bonchev–Trinajstić information content (AvgIpc) is 2.96. The molecule has 0 aromatic heterocycles. The van der Waals surface area contributed by atoms with Crippen molar-refractivity contribution in [3.8, 4) is 0 Å². The number of rotatable bonds is 8. The first kappa shape index (κ1) is 20.5. The Morgan fingerprint density at radius 2 is 1.71 bits per heavy atom. The van der Waals surface area contributed by atoms with E-state index in [9.17, 15) is 19.5 Å². The van der Waals surface area contributed by atoms with Crippen LogP contribution >= 0.6 is 0 Å². The minimum absolute atomic E-state index is 0.00163. The molecule has 2 N–H and O–H groups in total. The molecular weight excluding hydrogens is 308 g/mol. The van der Waals surface area contributed by atoms with Crippen LogP contribution in [-0.2, 0) is 14.4 Å². The van der Waals surface area contributed by atoms with Crippen LogP contribution in [0.1, 0.15) is 59.3 Å². The molecule has 3 atom stereocenters. The highest BCUT2D eigenvalue weighted by Crippen LogP contribution is 2.43. The van der Waals surface area contributed by atoms with Crippen molar-refractivity contribution in [2.24, 2.45) is 17.3 Å². The summed E-state index contributed by atoms with van der Waals surface area (Å²) in [6, 6.07) is -0.138. The molecule has 2 amide bonds. The molecule has 138 valence electrons. The molecule has 1 fully saturated rings. The standard InChI is InChI=1S/C18H32N2O4/c1-12(13(2)19-14(3)21)15(16(22)20(4)5)8-11-18(17(23)24)9-6-7-10-18/h12-13,15H,6-11H2,1-5H3,(H,19,21)(H,23,24)/t12-,13?,15+/m1/s1. The summed E-state index contributed by atoms with van der Waals surface area (Å²) < 4.78 is 0. The van der Waals surface area contributed by atoms with Crippen molar-refractivity contribution >= 4 is 17.8 Å². The average molecular weight is 340 g/mol. The number of hydrogen-bond donors (Lipinski definition) is 2. The molecule has 6 nitrogen and oxygen atoms in total. The molecule has 1 saturated carbocycles. The van der Waals surface area contributed by atoms with Gasteiger partial charge in [-0.25, -0.2) is 0 Å². The summed E-state index contributed by atoms with van der Waals surface area (Å²) in [5, 5.41) is 12.5. The van der Waals surface area contributed by atoms with Gasteiger partial charge >= 0.3 is 5.97 Å². The smallest absolute Gasteiger partial charge is 0.309 e. The third-order valence-electron chi connectivity index (χ3n) is 5.56. The fraction of sp³-hybridized carbons (Fsp3) is 0.833. The van der Waals surface area contributed by atoms with E-state index in [1.165, 1.54) is 6.92 Å². The normalized spacial score (nSPS) is 20.0. The quantitative estimate of drug-likeness (QED) is 0.710. The lowest BCUT2D eigenvalue weighted by atomic mass is 9.75. The fourth-order valence-corrected chi connectivity index (χ4v) is 3.80. The summed E-state index contributed by atoms with van der Waals surface area (Å²) in [5.74, 6) is -1.21. The molecule has 0 aromatic carbocycles. The molecule has 1 aliphatic rings. The number of carbonyl (C=O) groups excluding carboxylic acids is 2.